The molecule has 0 radical (unpaired) electrons. The largest absolute Gasteiger partial charge is 0.322 e. The van der Waals surface area contributed by atoms with Gasteiger partial charge in [-0.25, -0.2) is 4.39 Å². The van der Waals surface area contributed by atoms with Gasteiger partial charge >= 0.3 is 0 Å². The number of rotatable bonds is 5. The first kappa shape index (κ1) is 19.3. The van der Waals surface area contributed by atoms with Gasteiger partial charge in [-0.05, 0) is 66.2 Å². The Hall–Kier alpha value is -3.44. The quantitative estimate of drug-likeness (QED) is 0.570. The van der Waals surface area contributed by atoms with Gasteiger partial charge in [0.2, 0.25) is 5.91 Å². The molecule has 0 aliphatic carbocycles. The number of halogens is 2. The Morgan fingerprint density at radius 1 is 0.857 bits per heavy atom. The van der Waals surface area contributed by atoms with E-state index in [-0.39, 0.29) is 17.6 Å². The second kappa shape index (κ2) is 8.97. The van der Waals surface area contributed by atoms with Gasteiger partial charge in [-0.3, -0.25) is 9.59 Å². The molecule has 0 aromatic heterocycles. The molecule has 0 fully saturated rings. The summed E-state index contributed by atoms with van der Waals surface area (Å²) < 4.78 is 12.9. The molecule has 3 aromatic rings. The van der Waals surface area contributed by atoms with Crippen molar-refractivity contribution >= 4 is 40.9 Å². The van der Waals surface area contributed by atoms with Gasteiger partial charge in [0.15, 0.2) is 0 Å². The normalized spacial score (nSPS) is 10.6. The van der Waals surface area contributed by atoms with Crippen LogP contribution in [0.3, 0.4) is 0 Å². The zero-order valence-corrected chi connectivity index (χ0v) is 15.4. The van der Waals surface area contributed by atoms with E-state index in [0.717, 1.165) is 5.56 Å². The van der Waals surface area contributed by atoms with E-state index in [9.17, 15) is 14.0 Å². The molecule has 28 heavy (non-hydrogen) atoms. The van der Waals surface area contributed by atoms with Gasteiger partial charge < -0.3 is 10.6 Å². The van der Waals surface area contributed by atoms with E-state index in [1.54, 1.807) is 54.6 Å². The summed E-state index contributed by atoms with van der Waals surface area (Å²) in [5.74, 6) is -1.07. The second-order valence-corrected chi connectivity index (χ2v) is 6.35. The van der Waals surface area contributed by atoms with Crippen molar-refractivity contribution in [2.24, 2.45) is 0 Å². The van der Waals surface area contributed by atoms with Crippen molar-refractivity contribution in [2.75, 3.05) is 10.6 Å². The molecule has 0 saturated heterocycles. The maximum absolute atomic E-state index is 12.9. The molecule has 140 valence electrons. The molecule has 0 spiro atoms. The molecule has 0 aliphatic heterocycles. The third-order valence-electron chi connectivity index (χ3n) is 3.79. The number of hydrogen-bond donors (Lipinski definition) is 2. The Morgan fingerprint density at radius 3 is 2.29 bits per heavy atom. The third-order valence-corrected chi connectivity index (χ3v) is 4.04. The molecular weight excluding hydrogens is 379 g/mol. The van der Waals surface area contributed by atoms with Crippen LogP contribution < -0.4 is 10.6 Å². The van der Waals surface area contributed by atoms with E-state index in [1.165, 1.54) is 30.3 Å². The number of benzene rings is 3. The Kier molecular flexibility index (Phi) is 6.19. The Morgan fingerprint density at radius 2 is 1.57 bits per heavy atom. The summed E-state index contributed by atoms with van der Waals surface area (Å²) in [4.78, 5) is 24.4. The molecule has 0 saturated carbocycles. The van der Waals surface area contributed by atoms with Crippen molar-refractivity contribution < 1.29 is 14.0 Å². The van der Waals surface area contributed by atoms with Crippen LogP contribution in [0.25, 0.3) is 6.08 Å². The first-order chi connectivity index (χ1) is 13.5. The SMILES string of the molecule is O=C(/C=C/c1ccc(Cl)cc1)Nc1cccc(C(=O)Nc2ccc(F)cc2)c1. The fourth-order valence-electron chi connectivity index (χ4n) is 2.40. The predicted molar refractivity (Wildman–Crippen MR) is 110 cm³/mol. The molecule has 0 bridgehead atoms. The standard InChI is InChI=1S/C22H16ClFN2O2/c23-17-7-4-15(5-8-17)6-13-21(27)25-20-3-1-2-16(14-20)22(28)26-19-11-9-18(24)10-12-19/h1-14H,(H,25,27)(H,26,28)/b13-6+. The molecule has 0 aliphatic rings. The summed E-state index contributed by atoms with van der Waals surface area (Å²) in [6.45, 7) is 0. The number of carbonyl (C=O) groups is 2. The van der Waals surface area contributed by atoms with E-state index in [0.29, 0.717) is 22.0 Å². The fraction of sp³-hybridized carbons (Fsp3) is 0. The third kappa shape index (κ3) is 5.53. The predicted octanol–water partition coefficient (Wildman–Crippen LogP) is 5.38. The topological polar surface area (TPSA) is 58.2 Å². The fourth-order valence-corrected chi connectivity index (χ4v) is 2.53. The molecule has 2 N–H and O–H groups in total. The van der Waals surface area contributed by atoms with Crippen molar-refractivity contribution in [3.63, 3.8) is 0 Å². The van der Waals surface area contributed by atoms with Gasteiger partial charge in [0.05, 0.1) is 0 Å². The Labute approximate surface area is 166 Å². The van der Waals surface area contributed by atoms with E-state index in [2.05, 4.69) is 10.6 Å². The smallest absolute Gasteiger partial charge is 0.255 e. The summed E-state index contributed by atoms with van der Waals surface area (Å²) in [5, 5.41) is 6.01. The van der Waals surface area contributed by atoms with Crippen LogP contribution in [0.15, 0.2) is 78.9 Å². The van der Waals surface area contributed by atoms with Crippen molar-refractivity contribution in [3.05, 3.63) is 101 Å². The maximum atomic E-state index is 12.9. The van der Waals surface area contributed by atoms with Gasteiger partial charge in [-0.2, -0.15) is 0 Å². The van der Waals surface area contributed by atoms with Crippen LogP contribution >= 0.6 is 11.6 Å². The molecule has 3 rings (SSSR count). The minimum absolute atomic E-state index is 0.328. The molecule has 6 heteroatoms. The lowest BCUT2D eigenvalue weighted by atomic mass is 10.1. The van der Waals surface area contributed by atoms with Crippen LogP contribution in [0.4, 0.5) is 15.8 Å². The van der Waals surface area contributed by atoms with Crippen molar-refractivity contribution in [2.45, 2.75) is 0 Å². The van der Waals surface area contributed by atoms with Gasteiger partial charge in [-0.1, -0.05) is 29.8 Å². The van der Waals surface area contributed by atoms with Crippen molar-refractivity contribution in [3.8, 4) is 0 Å². The number of amides is 2. The van der Waals surface area contributed by atoms with Gasteiger partial charge in [-0.15, -0.1) is 0 Å². The van der Waals surface area contributed by atoms with Crippen LogP contribution in [-0.4, -0.2) is 11.8 Å². The molecule has 0 heterocycles. The lowest BCUT2D eigenvalue weighted by Crippen LogP contribution is -2.13. The van der Waals surface area contributed by atoms with Crippen molar-refractivity contribution in [1.82, 2.24) is 0 Å². The van der Waals surface area contributed by atoms with E-state index < -0.39 is 0 Å². The number of carbonyl (C=O) groups excluding carboxylic acids is 2. The first-order valence-corrected chi connectivity index (χ1v) is 8.79. The minimum atomic E-state index is -0.380. The Bertz CT molecular complexity index is 1020. The zero-order valence-electron chi connectivity index (χ0n) is 14.7. The minimum Gasteiger partial charge on any atom is -0.322 e. The summed E-state index contributed by atoms with van der Waals surface area (Å²) >= 11 is 5.83. The summed E-state index contributed by atoms with van der Waals surface area (Å²) in [6, 6.07) is 19.1. The van der Waals surface area contributed by atoms with Gasteiger partial charge in [0.1, 0.15) is 5.82 Å². The Balaban J connectivity index is 1.63. The molecule has 3 aromatic carbocycles. The highest BCUT2D eigenvalue weighted by molar-refractivity contribution is 6.30. The second-order valence-electron chi connectivity index (χ2n) is 5.92. The first-order valence-electron chi connectivity index (χ1n) is 8.41. The average Bonchev–Trinajstić information content (AvgIpc) is 2.69. The number of nitrogens with one attached hydrogen (secondary N) is 2. The molecule has 2 amide bonds. The zero-order chi connectivity index (χ0) is 19.9. The van der Waals surface area contributed by atoms with Crippen LogP contribution in [0.1, 0.15) is 15.9 Å². The average molecular weight is 395 g/mol. The highest BCUT2D eigenvalue weighted by Gasteiger charge is 2.08. The monoisotopic (exact) mass is 394 g/mol. The summed E-state index contributed by atoms with van der Waals surface area (Å²) in [6.07, 6.45) is 3.06. The van der Waals surface area contributed by atoms with Crippen LogP contribution in [-0.2, 0) is 4.79 Å². The lowest BCUT2D eigenvalue weighted by molar-refractivity contribution is -0.111. The van der Waals surface area contributed by atoms with Gasteiger partial charge in [0.25, 0.3) is 5.91 Å². The highest BCUT2D eigenvalue weighted by atomic mass is 35.5. The molecule has 0 unspecified atom stereocenters. The highest BCUT2D eigenvalue weighted by Crippen LogP contribution is 2.15. The summed E-state index contributed by atoms with van der Waals surface area (Å²) in [5.41, 5.74) is 2.17. The molecular formula is C22H16ClFN2O2. The van der Waals surface area contributed by atoms with Crippen molar-refractivity contribution in [1.29, 1.82) is 0 Å². The van der Waals surface area contributed by atoms with Crippen LogP contribution in [0, 0.1) is 5.82 Å². The summed E-state index contributed by atoms with van der Waals surface area (Å²) in [7, 11) is 0. The maximum Gasteiger partial charge on any atom is 0.255 e. The van der Waals surface area contributed by atoms with Crippen LogP contribution in [0.2, 0.25) is 5.02 Å². The van der Waals surface area contributed by atoms with E-state index in [1.807, 2.05) is 0 Å². The van der Waals surface area contributed by atoms with E-state index >= 15 is 0 Å². The number of anilines is 2. The number of hydrogen-bond acceptors (Lipinski definition) is 2. The molecule has 4 nitrogen and oxygen atoms in total. The lowest BCUT2D eigenvalue weighted by Gasteiger charge is -2.07. The van der Waals surface area contributed by atoms with E-state index in [4.69, 9.17) is 11.6 Å². The molecule has 0 atom stereocenters. The van der Waals surface area contributed by atoms with Gasteiger partial charge in [0, 0.05) is 28.0 Å². The van der Waals surface area contributed by atoms with Crippen LogP contribution in [0.5, 0.6) is 0 Å².